The number of hydrogen-bond donors (Lipinski definition) is 1. The number of aliphatic hydroxyl groups is 1. The van der Waals surface area contributed by atoms with E-state index in [4.69, 9.17) is 5.11 Å². The third kappa shape index (κ3) is 3.09. The molecule has 1 unspecified atom stereocenters. The molecule has 0 aromatic carbocycles. The summed E-state index contributed by atoms with van der Waals surface area (Å²) in [7, 11) is -4.67. The molecular weight excluding hydrogens is 213 g/mol. The Morgan fingerprint density at radius 3 is 2.58 bits per heavy atom. The molecule has 0 saturated carbocycles. The fourth-order valence-electron chi connectivity index (χ4n) is 0.480. The van der Waals surface area contributed by atoms with E-state index in [2.05, 4.69) is 4.98 Å². The molecule has 1 atom stereocenters. The van der Waals surface area contributed by atoms with E-state index in [1.807, 2.05) is 0 Å². The van der Waals surface area contributed by atoms with E-state index >= 15 is 0 Å². The van der Waals surface area contributed by atoms with Crippen LogP contribution >= 0.6 is 11.3 Å². The Kier molecular flexibility index (Phi) is 4.85. The van der Waals surface area contributed by atoms with Crippen LogP contribution in [0, 0.1) is 0 Å². The molecule has 1 rings (SSSR count). The molecule has 12 heavy (non-hydrogen) atoms. The molecule has 1 heterocycles. The first-order valence-corrected chi connectivity index (χ1v) is 4.89. The molecule has 62 valence electrons. The summed E-state index contributed by atoms with van der Waals surface area (Å²) >= 11 is 0.918. The zero-order valence-electron chi connectivity index (χ0n) is 6.17. The van der Waals surface area contributed by atoms with E-state index in [0.29, 0.717) is 0 Å². The molecule has 0 aliphatic heterocycles. The van der Waals surface area contributed by atoms with E-state index in [1.54, 1.807) is 0 Å². The summed E-state index contributed by atoms with van der Waals surface area (Å²) < 4.78 is 30.6. The van der Waals surface area contributed by atoms with Crippen molar-refractivity contribution in [3.8, 4) is 0 Å². The monoisotopic (exact) mass is 217 g/mol. The largest absolute Gasteiger partial charge is 1.00 e. The number of thiazole rings is 1. The Bertz CT molecular complexity index is 321. The SMILES string of the molecule is O=S(=O)([O-])C(O)c1nccs1.[Na+]. The molecule has 0 amide bonds. The molecule has 0 aliphatic carbocycles. The molecule has 8 heteroatoms. The first kappa shape index (κ1) is 12.5. The van der Waals surface area contributed by atoms with Crippen molar-refractivity contribution in [3.63, 3.8) is 0 Å². The van der Waals surface area contributed by atoms with Crippen LogP contribution in [0.5, 0.6) is 0 Å². The van der Waals surface area contributed by atoms with E-state index in [-0.39, 0.29) is 34.6 Å². The summed E-state index contributed by atoms with van der Waals surface area (Å²) in [5.41, 5.74) is -2.03. The topological polar surface area (TPSA) is 90.3 Å². The van der Waals surface area contributed by atoms with Gasteiger partial charge in [-0.25, -0.2) is 13.4 Å². The number of aromatic nitrogens is 1. The predicted octanol–water partition coefficient (Wildman–Crippen LogP) is -3.32. The van der Waals surface area contributed by atoms with Crippen LogP contribution < -0.4 is 29.6 Å². The van der Waals surface area contributed by atoms with Gasteiger partial charge in [-0.15, -0.1) is 11.3 Å². The van der Waals surface area contributed by atoms with E-state index in [0.717, 1.165) is 11.3 Å². The van der Waals surface area contributed by atoms with Crippen LogP contribution in [-0.4, -0.2) is 23.1 Å². The van der Waals surface area contributed by atoms with Crippen LogP contribution in [0.2, 0.25) is 0 Å². The smallest absolute Gasteiger partial charge is 0.746 e. The fourth-order valence-corrected chi connectivity index (χ4v) is 1.81. The summed E-state index contributed by atoms with van der Waals surface area (Å²) in [6.07, 6.45) is 1.31. The van der Waals surface area contributed by atoms with Gasteiger partial charge in [-0.1, -0.05) is 0 Å². The first-order chi connectivity index (χ1) is 5.02. The molecule has 0 bridgehead atoms. The van der Waals surface area contributed by atoms with Crippen LogP contribution in [0.15, 0.2) is 11.6 Å². The predicted molar refractivity (Wildman–Crippen MR) is 36.8 cm³/mol. The van der Waals surface area contributed by atoms with Gasteiger partial charge in [0.25, 0.3) is 0 Å². The van der Waals surface area contributed by atoms with Gasteiger partial charge in [0.15, 0.2) is 5.44 Å². The normalized spacial score (nSPS) is 13.5. The van der Waals surface area contributed by atoms with Gasteiger partial charge >= 0.3 is 29.6 Å². The molecule has 1 N–H and O–H groups in total. The molecule has 5 nitrogen and oxygen atoms in total. The molecule has 1 aromatic rings. The number of rotatable bonds is 2. The quantitative estimate of drug-likeness (QED) is 0.413. The first-order valence-electron chi connectivity index (χ1n) is 2.54. The number of nitrogens with zero attached hydrogens (tertiary/aromatic N) is 1. The van der Waals surface area contributed by atoms with Crippen LogP contribution in [0.1, 0.15) is 10.4 Å². The second-order valence-electron chi connectivity index (χ2n) is 1.72. The van der Waals surface area contributed by atoms with Gasteiger partial charge in [0.1, 0.15) is 15.1 Å². The maximum absolute atomic E-state index is 10.2. The molecule has 0 spiro atoms. The Morgan fingerprint density at radius 1 is 1.67 bits per heavy atom. The Hall–Kier alpha value is 0.500. The van der Waals surface area contributed by atoms with Gasteiger partial charge in [-0.2, -0.15) is 0 Å². The van der Waals surface area contributed by atoms with Crippen molar-refractivity contribution in [2.24, 2.45) is 0 Å². The minimum absolute atomic E-state index is 0. The maximum atomic E-state index is 10.2. The van der Waals surface area contributed by atoms with Crippen LogP contribution in [0.4, 0.5) is 0 Å². The summed E-state index contributed by atoms with van der Waals surface area (Å²) in [5.74, 6) is 0. The van der Waals surface area contributed by atoms with Crippen LogP contribution in [-0.2, 0) is 10.1 Å². The number of hydrogen-bond acceptors (Lipinski definition) is 6. The Labute approximate surface area is 95.5 Å². The summed E-state index contributed by atoms with van der Waals surface area (Å²) in [4.78, 5) is 3.47. The Morgan fingerprint density at radius 2 is 2.25 bits per heavy atom. The fraction of sp³-hybridized carbons (Fsp3) is 0.250. The van der Waals surface area contributed by atoms with Crippen molar-refractivity contribution in [2.75, 3.05) is 0 Å². The minimum atomic E-state index is -4.67. The van der Waals surface area contributed by atoms with Crippen molar-refractivity contribution in [1.82, 2.24) is 4.98 Å². The summed E-state index contributed by atoms with van der Waals surface area (Å²) in [5, 5.41) is 10.2. The molecule has 0 aliphatic rings. The molecule has 1 aromatic heterocycles. The van der Waals surface area contributed by atoms with Crippen molar-refractivity contribution < 1.29 is 47.6 Å². The third-order valence-electron chi connectivity index (χ3n) is 0.936. The number of aliphatic hydroxyl groups excluding tert-OH is 1. The van der Waals surface area contributed by atoms with Gasteiger partial charge < -0.3 is 9.66 Å². The van der Waals surface area contributed by atoms with Gasteiger partial charge in [0, 0.05) is 11.6 Å². The maximum Gasteiger partial charge on any atom is 1.00 e. The van der Waals surface area contributed by atoms with Gasteiger partial charge in [-0.05, 0) is 0 Å². The standard InChI is InChI=1S/C4H5NO4S2.Na/c6-4(11(7,8)9)3-5-1-2-10-3;/h1-2,4,6H,(H,7,8,9);/q;+1/p-1. The summed E-state index contributed by atoms with van der Waals surface area (Å²) in [6.45, 7) is 0. The molecule has 0 radical (unpaired) electrons. The average Bonchev–Trinajstić information content (AvgIpc) is 2.34. The van der Waals surface area contributed by atoms with Crippen molar-refractivity contribution in [3.05, 3.63) is 16.6 Å². The van der Waals surface area contributed by atoms with Gasteiger partial charge in [0.05, 0.1) is 0 Å². The van der Waals surface area contributed by atoms with Crippen molar-refractivity contribution in [1.29, 1.82) is 0 Å². The Balaban J connectivity index is 0.00000121. The van der Waals surface area contributed by atoms with E-state index in [9.17, 15) is 13.0 Å². The average molecular weight is 217 g/mol. The van der Waals surface area contributed by atoms with Crippen LogP contribution in [0.3, 0.4) is 0 Å². The minimum Gasteiger partial charge on any atom is -0.746 e. The second-order valence-corrected chi connectivity index (χ2v) is 4.07. The zero-order valence-corrected chi connectivity index (χ0v) is 9.80. The summed E-state index contributed by atoms with van der Waals surface area (Å²) in [6, 6.07) is 0. The van der Waals surface area contributed by atoms with Crippen molar-refractivity contribution >= 4 is 21.5 Å². The van der Waals surface area contributed by atoms with E-state index < -0.39 is 15.6 Å². The van der Waals surface area contributed by atoms with Gasteiger partial charge in [0.2, 0.25) is 0 Å². The van der Waals surface area contributed by atoms with Crippen LogP contribution in [0.25, 0.3) is 0 Å². The molecule has 0 fully saturated rings. The molecular formula is C4H4NNaO4S2. The third-order valence-corrected chi connectivity index (χ3v) is 2.68. The molecule has 0 saturated heterocycles. The zero-order chi connectivity index (χ0) is 8.48. The second kappa shape index (κ2) is 4.66. The van der Waals surface area contributed by atoms with E-state index in [1.165, 1.54) is 11.6 Å². The van der Waals surface area contributed by atoms with Crippen molar-refractivity contribution in [2.45, 2.75) is 5.44 Å². The van der Waals surface area contributed by atoms with Gasteiger partial charge in [-0.3, -0.25) is 0 Å².